The lowest BCUT2D eigenvalue weighted by molar-refractivity contribution is -0.122. The summed E-state index contributed by atoms with van der Waals surface area (Å²) in [4.78, 5) is 26.8. The molecule has 0 bridgehead atoms. The summed E-state index contributed by atoms with van der Waals surface area (Å²) in [6.45, 7) is 4.01. The lowest BCUT2D eigenvalue weighted by Gasteiger charge is -2.20. The maximum absolute atomic E-state index is 12.6. The van der Waals surface area contributed by atoms with Crippen LogP contribution in [0.1, 0.15) is 29.8 Å². The SMILES string of the molecule is CC(C)C(SCc1ccccc1)C(=O)NNC(=O)c1cccc(N(C)C)c1. The van der Waals surface area contributed by atoms with Crippen molar-refractivity contribution in [3.8, 4) is 0 Å². The third-order valence-corrected chi connectivity index (χ3v) is 5.68. The number of carbonyl (C=O) groups excluding carboxylic acids is 2. The zero-order valence-corrected chi connectivity index (χ0v) is 17.0. The van der Waals surface area contributed by atoms with E-state index in [2.05, 4.69) is 10.9 Å². The molecule has 2 amide bonds. The highest BCUT2D eigenvalue weighted by Gasteiger charge is 2.23. The first-order valence-electron chi connectivity index (χ1n) is 8.91. The fraction of sp³-hybridized carbons (Fsp3) is 0.333. The van der Waals surface area contributed by atoms with Crippen LogP contribution in [-0.2, 0) is 10.5 Å². The first-order valence-corrected chi connectivity index (χ1v) is 9.96. The number of anilines is 1. The third-order valence-electron chi connectivity index (χ3n) is 4.06. The second-order valence-electron chi connectivity index (χ2n) is 6.85. The molecule has 2 rings (SSSR count). The molecule has 0 aliphatic carbocycles. The number of hydrazine groups is 1. The van der Waals surface area contributed by atoms with Gasteiger partial charge in [-0.3, -0.25) is 20.4 Å². The number of amides is 2. The Hall–Kier alpha value is -2.47. The summed E-state index contributed by atoms with van der Waals surface area (Å²) in [5.41, 5.74) is 7.70. The van der Waals surface area contributed by atoms with E-state index in [9.17, 15) is 9.59 Å². The van der Waals surface area contributed by atoms with Crippen LogP contribution in [0.15, 0.2) is 54.6 Å². The third kappa shape index (κ3) is 6.32. The normalized spacial score (nSPS) is 11.7. The molecule has 0 spiro atoms. The molecule has 0 aromatic heterocycles. The Kier molecular flexibility index (Phi) is 7.73. The predicted octanol–water partition coefficient (Wildman–Crippen LogP) is 3.47. The molecule has 0 radical (unpaired) electrons. The van der Waals surface area contributed by atoms with Crippen molar-refractivity contribution in [2.75, 3.05) is 19.0 Å². The van der Waals surface area contributed by atoms with Gasteiger partial charge in [-0.25, -0.2) is 0 Å². The van der Waals surface area contributed by atoms with E-state index in [4.69, 9.17) is 0 Å². The van der Waals surface area contributed by atoms with Gasteiger partial charge in [0, 0.05) is 31.1 Å². The number of hydrogen-bond acceptors (Lipinski definition) is 4. The van der Waals surface area contributed by atoms with Crippen molar-refractivity contribution < 1.29 is 9.59 Å². The number of carbonyl (C=O) groups is 2. The molecule has 1 unspecified atom stereocenters. The van der Waals surface area contributed by atoms with Gasteiger partial charge in [0.1, 0.15) is 0 Å². The van der Waals surface area contributed by atoms with Gasteiger partial charge in [-0.05, 0) is 29.7 Å². The highest BCUT2D eigenvalue weighted by atomic mass is 32.2. The molecule has 0 aliphatic rings. The maximum Gasteiger partial charge on any atom is 0.269 e. The Morgan fingerprint density at radius 2 is 1.70 bits per heavy atom. The number of rotatable bonds is 7. The molecule has 5 nitrogen and oxygen atoms in total. The van der Waals surface area contributed by atoms with Crippen LogP contribution in [0.3, 0.4) is 0 Å². The molecule has 2 N–H and O–H groups in total. The summed E-state index contributed by atoms with van der Waals surface area (Å²) in [5, 5.41) is -0.251. The van der Waals surface area contributed by atoms with Gasteiger partial charge < -0.3 is 4.90 Å². The molecule has 0 fully saturated rings. The van der Waals surface area contributed by atoms with E-state index in [-0.39, 0.29) is 23.0 Å². The average Bonchev–Trinajstić information content (AvgIpc) is 2.66. The van der Waals surface area contributed by atoms with Gasteiger partial charge in [0.25, 0.3) is 11.8 Å². The van der Waals surface area contributed by atoms with E-state index < -0.39 is 0 Å². The molecule has 2 aromatic rings. The first-order chi connectivity index (χ1) is 12.9. The van der Waals surface area contributed by atoms with Crippen LogP contribution >= 0.6 is 11.8 Å². The fourth-order valence-electron chi connectivity index (χ4n) is 2.52. The van der Waals surface area contributed by atoms with E-state index >= 15 is 0 Å². The summed E-state index contributed by atoms with van der Waals surface area (Å²) in [5.74, 6) is 0.369. The molecule has 0 saturated carbocycles. The van der Waals surface area contributed by atoms with E-state index in [0.717, 1.165) is 11.4 Å². The summed E-state index contributed by atoms with van der Waals surface area (Å²) in [6, 6.07) is 17.3. The van der Waals surface area contributed by atoms with Crippen molar-refractivity contribution in [3.63, 3.8) is 0 Å². The zero-order valence-electron chi connectivity index (χ0n) is 16.2. The lowest BCUT2D eigenvalue weighted by atomic mass is 10.1. The summed E-state index contributed by atoms with van der Waals surface area (Å²) in [7, 11) is 3.83. The smallest absolute Gasteiger partial charge is 0.269 e. The summed E-state index contributed by atoms with van der Waals surface area (Å²) in [6.07, 6.45) is 0. The quantitative estimate of drug-likeness (QED) is 0.717. The number of nitrogens with one attached hydrogen (secondary N) is 2. The Morgan fingerprint density at radius 3 is 2.33 bits per heavy atom. The van der Waals surface area contributed by atoms with Gasteiger partial charge in [-0.15, -0.1) is 11.8 Å². The monoisotopic (exact) mass is 385 g/mol. The molecule has 27 heavy (non-hydrogen) atoms. The molecule has 2 aromatic carbocycles. The van der Waals surface area contributed by atoms with Crippen molar-refractivity contribution in [2.24, 2.45) is 5.92 Å². The second-order valence-corrected chi connectivity index (χ2v) is 7.98. The van der Waals surface area contributed by atoms with Crippen molar-refractivity contribution in [2.45, 2.75) is 24.9 Å². The molecule has 6 heteroatoms. The molecule has 0 saturated heterocycles. The van der Waals surface area contributed by atoms with E-state index in [1.54, 1.807) is 23.9 Å². The van der Waals surface area contributed by atoms with Crippen molar-refractivity contribution >= 4 is 29.3 Å². The first kappa shape index (κ1) is 20.8. The Bertz CT molecular complexity index is 763. The number of hydrogen-bond donors (Lipinski definition) is 2. The van der Waals surface area contributed by atoms with Crippen LogP contribution in [0.25, 0.3) is 0 Å². The van der Waals surface area contributed by atoms with Gasteiger partial charge in [-0.2, -0.15) is 0 Å². The number of nitrogens with zero attached hydrogens (tertiary/aromatic N) is 1. The van der Waals surface area contributed by atoms with Gasteiger partial charge in [0.05, 0.1) is 5.25 Å². The summed E-state index contributed by atoms with van der Waals surface area (Å²) >= 11 is 1.57. The minimum Gasteiger partial charge on any atom is -0.378 e. The molecule has 144 valence electrons. The number of thioether (sulfide) groups is 1. The van der Waals surface area contributed by atoms with Crippen LogP contribution in [0, 0.1) is 5.92 Å². The van der Waals surface area contributed by atoms with Crippen LogP contribution in [0.4, 0.5) is 5.69 Å². The topological polar surface area (TPSA) is 61.4 Å². The van der Waals surface area contributed by atoms with E-state index in [0.29, 0.717) is 5.56 Å². The van der Waals surface area contributed by atoms with Crippen molar-refractivity contribution in [1.29, 1.82) is 0 Å². The Balaban J connectivity index is 1.93. The minimum atomic E-state index is -0.331. The standard InChI is InChI=1S/C21H27N3O2S/c1-15(2)19(27-14-16-9-6-5-7-10-16)21(26)23-22-20(25)17-11-8-12-18(13-17)24(3)4/h5-13,15,19H,14H2,1-4H3,(H,22,25)(H,23,26). The van der Waals surface area contributed by atoms with Crippen LogP contribution < -0.4 is 15.8 Å². The van der Waals surface area contributed by atoms with Gasteiger partial charge in [-0.1, -0.05) is 50.2 Å². The Morgan fingerprint density at radius 1 is 1.00 bits per heavy atom. The van der Waals surface area contributed by atoms with Gasteiger partial charge in [0.2, 0.25) is 0 Å². The second kappa shape index (κ2) is 10.0. The van der Waals surface area contributed by atoms with Crippen molar-refractivity contribution in [3.05, 3.63) is 65.7 Å². The lowest BCUT2D eigenvalue weighted by Crippen LogP contribution is -2.46. The molecule has 0 heterocycles. The van der Waals surface area contributed by atoms with Crippen LogP contribution in [0.5, 0.6) is 0 Å². The maximum atomic E-state index is 12.6. The average molecular weight is 386 g/mol. The largest absolute Gasteiger partial charge is 0.378 e. The van der Waals surface area contributed by atoms with Crippen molar-refractivity contribution in [1.82, 2.24) is 10.9 Å². The molecule has 0 aliphatic heterocycles. The highest BCUT2D eigenvalue weighted by Crippen LogP contribution is 2.23. The van der Waals surface area contributed by atoms with Gasteiger partial charge >= 0.3 is 0 Å². The zero-order chi connectivity index (χ0) is 19.8. The minimum absolute atomic E-state index is 0.146. The van der Waals surface area contributed by atoms with Crippen LogP contribution in [0.2, 0.25) is 0 Å². The highest BCUT2D eigenvalue weighted by molar-refractivity contribution is 7.99. The molecular formula is C21H27N3O2S. The number of benzene rings is 2. The predicted molar refractivity (Wildman–Crippen MR) is 113 cm³/mol. The Labute approximate surface area is 165 Å². The summed E-state index contributed by atoms with van der Waals surface area (Å²) < 4.78 is 0. The van der Waals surface area contributed by atoms with Gasteiger partial charge in [0.15, 0.2) is 0 Å². The molecule has 1 atom stereocenters. The molecular weight excluding hydrogens is 358 g/mol. The van der Waals surface area contributed by atoms with E-state index in [1.165, 1.54) is 5.56 Å². The van der Waals surface area contributed by atoms with E-state index in [1.807, 2.05) is 75.3 Å². The van der Waals surface area contributed by atoms with Crippen LogP contribution in [-0.4, -0.2) is 31.2 Å². The fourth-order valence-corrected chi connectivity index (χ4v) is 3.68.